The fourth-order valence-electron chi connectivity index (χ4n) is 1.32. The second-order valence-corrected chi connectivity index (χ2v) is 4.07. The van der Waals surface area contributed by atoms with Gasteiger partial charge in [0.25, 0.3) is 0 Å². The second kappa shape index (κ2) is 12.2. The Labute approximate surface area is 96.6 Å². The van der Waals surface area contributed by atoms with Crippen molar-refractivity contribution in [1.82, 2.24) is 0 Å². The van der Waals surface area contributed by atoms with Crippen molar-refractivity contribution in [3.05, 3.63) is 22.8 Å². The van der Waals surface area contributed by atoms with Crippen molar-refractivity contribution in [2.45, 2.75) is 51.4 Å². The molecule has 0 aromatic carbocycles. The Morgan fingerprint density at radius 2 is 1.38 bits per heavy atom. The first-order valence-electron chi connectivity index (χ1n) is 5.28. The summed E-state index contributed by atoms with van der Waals surface area (Å²) in [5.41, 5.74) is 0. The highest BCUT2D eigenvalue weighted by atomic mass is 127. The van der Waals surface area contributed by atoms with Crippen LogP contribution in [-0.2, 0) is 0 Å². The van der Waals surface area contributed by atoms with Gasteiger partial charge in [-0.2, -0.15) is 0 Å². The summed E-state index contributed by atoms with van der Waals surface area (Å²) in [7, 11) is 0. The molecule has 0 spiro atoms. The molecule has 13 heavy (non-hydrogen) atoms. The van der Waals surface area contributed by atoms with Gasteiger partial charge in [0.2, 0.25) is 0 Å². The molecule has 0 aliphatic carbocycles. The highest BCUT2D eigenvalue weighted by molar-refractivity contribution is 14.1. The van der Waals surface area contributed by atoms with E-state index >= 15 is 0 Å². The molecule has 0 amide bonds. The minimum Gasteiger partial charge on any atom is -0.103 e. The monoisotopic (exact) mass is 292 g/mol. The van der Waals surface area contributed by atoms with Crippen LogP contribution in [-0.4, -0.2) is 0 Å². The highest BCUT2D eigenvalue weighted by Gasteiger charge is 1.89. The SMILES string of the molecule is C=CCCCCCCCC/C=C/I. The standard InChI is InChI=1S/C12H21I/c1-2-3-4-5-6-7-8-9-10-11-12-13/h2,11-12H,1,3-10H2/b12-11+. The molecule has 0 aromatic heterocycles. The van der Waals surface area contributed by atoms with Gasteiger partial charge < -0.3 is 0 Å². The van der Waals surface area contributed by atoms with Crippen LogP contribution < -0.4 is 0 Å². The van der Waals surface area contributed by atoms with Gasteiger partial charge in [-0.15, -0.1) is 6.58 Å². The summed E-state index contributed by atoms with van der Waals surface area (Å²) in [6.07, 6.45) is 15.0. The third kappa shape index (κ3) is 12.2. The molecule has 0 rings (SSSR count). The van der Waals surface area contributed by atoms with Crippen LogP contribution in [0.15, 0.2) is 22.8 Å². The Bertz CT molecular complexity index is 127. The number of unbranched alkanes of at least 4 members (excludes halogenated alkanes) is 7. The van der Waals surface area contributed by atoms with Gasteiger partial charge in [0, 0.05) is 0 Å². The zero-order chi connectivity index (χ0) is 9.78. The Kier molecular flexibility index (Phi) is 12.4. The summed E-state index contributed by atoms with van der Waals surface area (Å²) in [6.45, 7) is 3.72. The average molecular weight is 292 g/mol. The van der Waals surface area contributed by atoms with E-state index in [1.807, 2.05) is 6.08 Å². The van der Waals surface area contributed by atoms with Crippen LogP contribution in [0.25, 0.3) is 0 Å². The molecule has 0 bridgehead atoms. The summed E-state index contributed by atoms with van der Waals surface area (Å²) in [5, 5.41) is 0. The van der Waals surface area contributed by atoms with Gasteiger partial charge in [-0.05, 0) is 29.8 Å². The van der Waals surface area contributed by atoms with Gasteiger partial charge in [-0.1, -0.05) is 60.4 Å². The molecular weight excluding hydrogens is 271 g/mol. The maximum Gasteiger partial charge on any atom is -0.0274 e. The van der Waals surface area contributed by atoms with Crippen molar-refractivity contribution in [1.29, 1.82) is 0 Å². The molecule has 0 aromatic rings. The molecule has 0 unspecified atom stereocenters. The van der Waals surface area contributed by atoms with E-state index < -0.39 is 0 Å². The summed E-state index contributed by atoms with van der Waals surface area (Å²) in [4.78, 5) is 0. The highest BCUT2D eigenvalue weighted by Crippen LogP contribution is 2.09. The number of rotatable bonds is 9. The fraction of sp³-hybridized carbons (Fsp3) is 0.667. The fourth-order valence-corrected chi connectivity index (χ4v) is 1.68. The lowest BCUT2D eigenvalue weighted by atomic mass is 10.1. The van der Waals surface area contributed by atoms with Crippen LogP contribution in [0.3, 0.4) is 0 Å². The molecule has 0 saturated heterocycles. The molecule has 0 atom stereocenters. The molecular formula is C12H21I. The Hall–Kier alpha value is 0.210. The quantitative estimate of drug-likeness (QED) is 0.309. The van der Waals surface area contributed by atoms with E-state index in [0.29, 0.717) is 0 Å². The van der Waals surface area contributed by atoms with Crippen molar-refractivity contribution in [2.24, 2.45) is 0 Å². The van der Waals surface area contributed by atoms with Crippen LogP contribution >= 0.6 is 22.6 Å². The predicted octanol–water partition coefficient (Wildman–Crippen LogP) is 5.24. The van der Waals surface area contributed by atoms with E-state index in [9.17, 15) is 0 Å². The van der Waals surface area contributed by atoms with Gasteiger partial charge in [0.15, 0.2) is 0 Å². The van der Waals surface area contributed by atoms with Gasteiger partial charge in [0.1, 0.15) is 0 Å². The van der Waals surface area contributed by atoms with Crippen LogP contribution in [0, 0.1) is 0 Å². The Morgan fingerprint density at radius 1 is 0.846 bits per heavy atom. The smallest absolute Gasteiger partial charge is 0.0274 e. The largest absolute Gasteiger partial charge is 0.103 e. The van der Waals surface area contributed by atoms with Crippen LogP contribution in [0.2, 0.25) is 0 Å². The van der Waals surface area contributed by atoms with E-state index in [1.165, 1.54) is 51.4 Å². The minimum absolute atomic E-state index is 1.19. The van der Waals surface area contributed by atoms with Crippen molar-refractivity contribution < 1.29 is 0 Å². The molecule has 1 heteroatoms. The van der Waals surface area contributed by atoms with Crippen molar-refractivity contribution in [2.75, 3.05) is 0 Å². The van der Waals surface area contributed by atoms with Crippen molar-refractivity contribution >= 4 is 22.6 Å². The molecule has 0 nitrogen and oxygen atoms in total. The average Bonchev–Trinajstić information content (AvgIpc) is 2.16. The number of hydrogen-bond donors (Lipinski definition) is 0. The maximum absolute atomic E-state index is 3.72. The molecule has 0 aliphatic rings. The number of hydrogen-bond acceptors (Lipinski definition) is 0. The molecule has 0 heterocycles. The number of allylic oxidation sites excluding steroid dienone is 2. The minimum atomic E-state index is 1.19. The molecule has 0 aliphatic heterocycles. The molecule has 0 N–H and O–H groups in total. The topological polar surface area (TPSA) is 0 Å². The Balaban J connectivity index is 2.87. The summed E-state index contributed by atoms with van der Waals surface area (Å²) < 4.78 is 2.11. The lowest BCUT2D eigenvalue weighted by Crippen LogP contribution is -1.78. The summed E-state index contributed by atoms with van der Waals surface area (Å²) >= 11 is 2.28. The summed E-state index contributed by atoms with van der Waals surface area (Å²) in [6, 6.07) is 0. The first-order valence-corrected chi connectivity index (χ1v) is 6.52. The predicted molar refractivity (Wildman–Crippen MR) is 70.3 cm³/mol. The van der Waals surface area contributed by atoms with Crippen molar-refractivity contribution in [3.8, 4) is 0 Å². The maximum atomic E-state index is 3.72. The van der Waals surface area contributed by atoms with E-state index in [4.69, 9.17) is 0 Å². The van der Waals surface area contributed by atoms with Gasteiger partial charge in [-0.25, -0.2) is 0 Å². The zero-order valence-corrected chi connectivity index (χ0v) is 10.6. The van der Waals surface area contributed by atoms with E-state index in [1.54, 1.807) is 0 Å². The normalized spacial score (nSPS) is 10.8. The van der Waals surface area contributed by atoms with Gasteiger partial charge in [0.05, 0.1) is 0 Å². The molecule has 0 radical (unpaired) electrons. The van der Waals surface area contributed by atoms with E-state index in [0.717, 1.165) is 0 Å². The zero-order valence-electron chi connectivity index (χ0n) is 8.47. The van der Waals surface area contributed by atoms with Crippen LogP contribution in [0.1, 0.15) is 51.4 Å². The first-order chi connectivity index (χ1) is 6.41. The third-order valence-electron chi connectivity index (χ3n) is 2.12. The second-order valence-electron chi connectivity index (χ2n) is 3.35. The molecule has 76 valence electrons. The van der Waals surface area contributed by atoms with Gasteiger partial charge >= 0.3 is 0 Å². The summed E-state index contributed by atoms with van der Waals surface area (Å²) in [5.74, 6) is 0. The van der Waals surface area contributed by atoms with Crippen molar-refractivity contribution in [3.63, 3.8) is 0 Å². The van der Waals surface area contributed by atoms with Crippen LogP contribution in [0.5, 0.6) is 0 Å². The first kappa shape index (κ1) is 13.2. The van der Waals surface area contributed by atoms with Crippen LogP contribution in [0.4, 0.5) is 0 Å². The lowest BCUT2D eigenvalue weighted by molar-refractivity contribution is 0.600. The van der Waals surface area contributed by atoms with Gasteiger partial charge in [-0.3, -0.25) is 0 Å². The lowest BCUT2D eigenvalue weighted by Gasteiger charge is -1.98. The Morgan fingerprint density at radius 3 is 1.92 bits per heavy atom. The molecule has 0 fully saturated rings. The van der Waals surface area contributed by atoms with E-state index in [2.05, 4.69) is 39.3 Å². The molecule has 0 saturated carbocycles. The third-order valence-corrected chi connectivity index (χ3v) is 2.63. The number of halogens is 1. The van der Waals surface area contributed by atoms with E-state index in [-0.39, 0.29) is 0 Å².